The summed E-state index contributed by atoms with van der Waals surface area (Å²) in [6.45, 7) is 5.56. The van der Waals surface area contributed by atoms with E-state index in [0.29, 0.717) is 24.5 Å². The van der Waals surface area contributed by atoms with Gasteiger partial charge in [-0.3, -0.25) is 4.79 Å². The molecule has 0 aliphatic carbocycles. The minimum Gasteiger partial charge on any atom is -0.493 e. The van der Waals surface area contributed by atoms with Gasteiger partial charge in [-0.25, -0.2) is 4.98 Å². The molecule has 0 bridgehead atoms. The van der Waals surface area contributed by atoms with Crippen molar-refractivity contribution in [3.05, 3.63) is 95.3 Å². The Morgan fingerprint density at radius 3 is 2.71 bits per heavy atom. The fraction of sp³-hybridized carbons (Fsp3) is 0.241. The van der Waals surface area contributed by atoms with Crippen LogP contribution < -0.4 is 14.8 Å². The number of amides is 1. The van der Waals surface area contributed by atoms with Gasteiger partial charge in [0.25, 0.3) is 5.91 Å². The van der Waals surface area contributed by atoms with Gasteiger partial charge < -0.3 is 19.4 Å². The summed E-state index contributed by atoms with van der Waals surface area (Å²) in [5, 5.41) is 3.02. The molecule has 1 amide bonds. The van der Waals surface area contributed by atoms with Gasteiger partial charge >= 0.3 is 0 Å². The lowest BCUT2D eigenvalue weighted by atomic mass is 10.1. The van der Waals surface area contributed by atoms with Crippen LogP contribution in [0.4, 0.5) is 0 Å². The Morgan fingerprint density at radius 2 is 1.91 bits per heavy atom. The highest BCUT2D eigenvalue weighted by atomic mass is 16.5. The molecule has 1 heterocycles. The summed E-state index contributed by atoms with van der Waals surface area (Å²) in [4.78, 5) is 17.4. The number of imidazole rings is 1. The lowest BCUT2D eigenvalue weighted by molar-refractivity contribution is 0.0949. The van der Waals surface area contributed by atoms with Crippen LogP contribution in [0.25, 0.3) is 17.1 Å². The first-order valence-electron chi connectivity index (χ1n) is 11.8. The van der Waals surface area contributed by atoms with E-state index in [4.69, 9.17) is 14.5 Å². The molecule has 0 aliphatic heterocycles. The molecule has 35 heavy (non-hydrogen) atoms. The third kappa shape index (κ3) is 5.90. The van der Waals surface area contributed by atoms with Crippen molar-refractivity contribution in [2.75, 3.05) is 13.7 Å². The molecule has 0 atom stereocenters. The predicted octanol–water partition coefficient (Wildman–Crippen LogP) is 5.79. The number of methoxy groups -OCH3 is 1. The van der Waals surface area contributed by atoms with Gasteiger partial charge in [0.2, 0.25) is 0 Å². The quantitative estimate of drug-likeness (QED) is 0.299. The molecule has 0 saturated heterocycles. The number of rotatable bonds is 10. The van der Waals surface area contributed by atoms with E-state index in [1.807, 2.05) is 86.7 Å². The van der Waals surface area contributed by atoms with Gasteiger partial charge in [-0.1, -0.05) is 48.0 Å². The molecule has 180 valence electrons. The van der Waals surface area contributed by atoms with Gasteiger partial charge in [-0.2, -0.15) is 0 Å². The maximum absolute atomic E-state index is 12.7. The zero-order valence-electron chi connectivity index (χ0n) is 20.5. The maximum Gasteiger partial charge on any atom is 0.251 e. The normalized spacial score (nSPS) is 11.2. The largest absolute Gasteiger partial charge is 0.493 e. The second-order valence-corrected chi connectivity index (χ2v) is 8.33. The number of fused-ring (bicyclic) bond motifs is 1. The van der Waals surface area contributed by atoms with E-state index >= 15 is 0 Å². The van der Waals surface area contributed by atoms with Crippen molar-refractivity contribution in [2.24, 2.45) is 0 Å². The van der Waals surface area contributed by atoms with E-state index in [0.717, 1.165) is 46.7 Å². The molecule has 6 heteroatoms. The topological polar surface area (TPSA) is 65.4 Å². The number of aryl methyl sites for hydroxylation is 2. The van der Waals surface area contributed by atoms with E-state index in [2.05, 4.69) is 16.0 Å². The Kier molecular flexibility index (Phi) is 7.83. The summed E-state index contributed by atoms with van der Waals surface area (Å²) in [5.74, 6) is 2.15. The van der Waals surface area contributed by atoms with E-state index in [9.17, 15) is 4.79 Å². The standard InChI is InChI=1S/C29H31N3O3/c1-4-9-22-14-15-26(27(19-22)34-3)35-17-8-16-32-25-13-6-5-12-24(25)31-28(32)20-30-29(33)23-11-7-10-21(2)18-23/h4-7,9-15,18-19H,8,16-17,20H2,1-3H3,(H,30,33)/b9-4+. The molecular formula is C29H31N3O3. The van der Waals surface area contributed by atoms with Crippen molar-refractivity contribution in [1.82, 2.24) is 14.9 Å². The highest BCUT2D eigenvalue weighted by Gasteiger charge is 2.13. The van der Waals surface area contributed by atoms with Gasteiger partial charge in [0.15, 0.2) is 11.5 Å². The van der Waals surface area contributed by atoms with Gasteiger partial charge in [-0.05, 0) is 62.2 Å². The number of carbonyl (C=O) groups is 1. The van der Waals surface area contributed by atoms with Gasteiger partial charge in [0.1, 0.15) is 5.82 Å². The minimum atomic E-state index is -0.107. The summed E-state index contributed by atoms with van der Waals surface area (Å²) < 4.78 is 13.7. The maximum atomic E-state index is 12.7. The van der Waals surface area contributed by atoms with Crippen LogP contribution in [0.2, 0.25) is 0 Å². The van der Waals surface area contributed by atoms with Crippen LogP contribution in [-0.2, 0) is 13.1 Å². The number of benzene rings is 3. The average molecular weight is 470 g/mol. The Hall–Kier alpha value is -4.06. The molecular weight excluding hydrogens is 438 g/mol. The monoisotopic (exact) mass is 469 g/mol. The van der Waals surface area contributed by atoms with Crippen molar-refractivity contribution in [3.8, 4) is 11.5 Å². The lowest BCUT2D eigenvalue weighted by Crippen LogP contribution is -2.25. The fourth-order valence-electron chi connectivity index (χ4n) is 4.06. The number of hydrogen-bond acceptors (Lipinski definition) is 4. The zero-order valence-corrected chi connectivity index (χ0v) is 20.5. The molecule has 1 aromatic heterocycles. The Labute approximate surface area is 206 Å². The number of nitrogens with zero attached hydrogens (tertiary/aromatic N) is 2. The van der Waals surface area contributed by atoms with Crippen LogP contribution >= 0.6 is 0 Å². The number of carbonyl (C=O) groups excluding carboxylic acids is 1. The second-order valence-electron chi connectivity index (χ2n) is 8.33. The number of para-hydroxylation sites is 2. The summed E-state index contributed by atoms with van der Waals surface area (Å²) >= 11 is 0. The molecule has 1 N–H and O–H groups in total. The molecule has 0 unspecified atom stereocenters. The van der Waals surface area contributed by atoms with Crippen molar-refractivity contribution < 1.29 is 14.3 Å². The number of allylic oxidation sites excluding steroid dienone is 1. The van der Waals surface area contributed by atoms with Crippen LogP contribution in [0.3, 0.4) is 0 Å². The van der Waals surface area contributed by atoms with Gasteiger partial charge in [0.05, 0.1) is 31.3 Å². The number of ether oxygens (including phenoxy) is 2. The lowest BCUT2D eigenvalue weighted by Gasteiger charge is -2.13. The molecule has 0 saturated carbocycles. The molecule has 4 rings (SSSR count). The first-order chi connectivity index (χ1) is 17.1. The second kappa shape index (κ2) is 11.4. The van der Waals surface area contributed by atoms with Gasteiger partial charge in [0, 0.05) is 12.1 Å². The summed E-state index contributed by atoms with van der Waals surface area (Å²) in [6.07, 6.45) is 4.79. The summed E-state index contributed by atoms with van der Waals surface area (Å²) in [5.41, 5.74) is 4.72. The first-order valence-corrected chi connectivity index (χ1v) is 11.8. The van der Waals surface area contributed by atoms with Crippen molar-refractivity contribution in [2.45, 2.75) is 33.4 Å². The SMILES string of the molecule is C/C=C/c1ccc(OCCCn2c(CNC(=O)c3cccc(C)c3)nc3ccccc32)c(OC)c1. The predicted molar refractivity (Wildman–Crippen MR) is 140 cm³/mol. The summed E-state index contributed by atoms with van der Waals surface area (Å²) in [6, 6.07) is 21.5. The van der Waals surface area contributed by atoms with E-state index in [-0.39, 0.29) is 5.91 Å². The van der Waals surface area contributed by atoms with Crippen molar-refractivity contribution in [3.63, 3.8) is 0 Å². The Bertz CT molecular complexity index is 1340. The Balaban J connectivity index is 1.42. The summed E-state index contributed by atoms with van der Waals surface area (Å²) in [7, 11) is 1.65. The van der Waals surface area contributed by atoms with E-state index < -0.39 is 0 Å². The molecule has 4 aromatic rings. The number of aromatic nitrogens is 2. The van der Waals surface area contributed by atoms with Crippen LogP contribution in [0.5, 0.6) is 11.5 Å². The van der Waals surface area contributed by atoms with Crippen LogP contribution in [0.15, 0.2) is 72.8 Å². The smallest absolute Gasteiger partial charge is 0.251 e. The van der Waals surface area contributed by atoms with Crippen LogP contribution in [0.1, 0.15) is 40.7 Å². The van der Waals surface area contributed by atoms with Crippen LogP contribution in [0, 0.1) is 6.92 Å². The minimum absolute atomic E-state index is 0.107. The molecule has 0 radical (unpaired) electrons. The molecule has 0 spiro atoms. The number of hydrogen-bond donors (Lipinski definition) is 1. The highest BCUT2D eigenvalue weighted by Crippen LogP contribution is 2.29. The van der Waals surface area contributed by atoms with E-state index in [1.165, 1.54) is 0 Å². The van der Waals surface area contributed by atoms with Gasteiger partial charge in [-0.15, -0.1) is 0 Å². The third-order valence-electron chi connectivity index (χ3n) is 5.75. The molecule has 3 aromatic carbocycles. The van der Waals surface area contributed by atoms with Crippen molar-refractivity contribution in [1.29, 1.82) is 0 Å². The Morgan fingerprint density at radius 1 is 1.06 bits per heavy atom. The first kappa shape index (κ1) is 24.1. The average Bonchev–Trinajstić information content (AvgIpc) is 3.23. The molecule has 6 nitrogen and oxygen atoms in total. The zero-order chi connectivity index (χ0) is 24.6. The van der Waals surface area contributed by atoms with Crippen LogP contribution in [-0.4, -0.2) is 29.2 Å². The number of nitrogens with one attached hydrogen (secondary N) is 1. The molecule has 0 fully saturated rings. The molecule has 0 aliphatic rings. The third-order valence-corrected chi connectivity index (χ3v) is 5.75. The van der Waals surface area contributed by atoms with E-state index in [1.54, 1.807) is 7.11 Å². The van der Waals surface area contributed by atoms with Crippen molar-refractivity contribution >= 4 is 23.0 Å². The fourth-order valence-corrected chi connectivity index (χ4v) is 4.06. The highest BCUT2D eigenvalue weighted by molar-refractivity contribution is 5.94.